The summed E-state index contributed by atoms with van der Waals surface area (Å²) in [6.45, 7) is 4.86. The van der Waals surface area contributed by atoms with Crippen LogP contribution in [0.25, 0.3) is 0 Å². The normalized spacial score (nSPS) is 13.2. The van der Waals surface area contributed by atoms with Gasteiger partial charge in [0.2, 0.25) is 0 Å². The van der Waals surface area contributed by atoms with Crippen LogP contribution in [0.2, 0.25) is 0 Å². The first-order valence-electron chi connectivity index (χ1n) is 7.08. The number of nitrogens with one attached hydrogen (secondary N) is 2. The molecule has 21 heavy (non-hydrogen) atoms. The van der Waals surface area contributed by atoms with E-state index in [9.17, 15) is 9.59 Å². The van der Waals surface area contributed by atoms with Gasteiger partial charge in [0.25, 0.3) is 11.5 Å². The maximum absolute atomic E-state index is 12.2. The molecule has 0 unspecified atom stereocenters. The Labute approximate surface area is 122 Å². The van der Waals surface area contributed by atoms with Gasteiger partial charge in [-0.3, -0.25) is 9.59 Å². The molecule has 0 atom stereocenters. The Morgan fingerprint density at radius 1 is 1.48 bits per heavy atom. The van der Waals surface area contributed by atoms with Gasteiger partial charge in [0, 0.05) is 30.5 Å². The van der Waals surface area contributed by atoms with Gasteiger partial charge in [-0.15, -0.1) is 0 Å². The van der Waals surface area contributed by atoms with Gasteiger partial charge in [-0.2, -0.15) is 5.10 Å². The first kappa shape index (κ1) is 13.6. The van der Waals surface area contributed by atoms with Crippen molar-refractivity contribution in [2.24, 2.45) is 0 Å². The quantitative estimate of drug-likeness (QED) is 0.885. The van der Waals surface area contributed by atoms with E-state index in [0.29, 0.717) is 11.1 Å². The van der Waals surface area contributed by atoms with Crippen molar-refractivity contribution in [2.75, 3.05) is 0 Å². The van der Waals surface area contributed by atoms with Crippen molar-refractivity contribution in [3.63, 3.8) is 0 Å². The minimum Gasteiger partial charge on any atom is -0.351 e. The topological polar surface area (TPSA) is 79.8 Å². The van der Waals surface area contributed by atoms with E-state index in [1.165, 1.54) is 5.69 Å². The van der Waals surface area contributed by atoms with Crippen molar-refractivity contribution in [1.29, 1.82) is 0 Å². The molecule has 3 heterocycles. The lowest BCUT2D eigenvalue weighted by atomic mass is 10.1. The average Bonchev–Trinajstić information content (AvgIpc) is 3.04. The monoisotopic (exact) mass is 286 g/mol. The molecule has 6 nitrogen and oxygen atoms in total. The van der Waals surface area contributed by atoms with E-state index in [1.54, 1.807) is 0 Å². The number of aromatic amines is 1. The van der Waals surface area contributed by atoms with Gasteiger partial charge in [-0.05, 0) is 38.3 Å². The van der Waals surface area contributed by atoms with Gasteiger partial charge in [0.05, 0.1) is 11.3 Å². The number of rotatable bonds is 3. The zero-order valence-electron chi connectivity index (χ0n) is 12.2. The minimum absolute atomic E-state index is 0.148. The zero-order valence-corrected chi connectivity index (χ0v) is 12.2. The van der Waals surface area contributed by atoms with Crippen LogP contribution < -0.4 is 10.9 Å². The molecule has 2 aromatic heterocycles. The molecule has 1 aliphatic heterocycles. The summed E-state index contributed by atoms with van der Waals surface area (Å²) in [6, 6.07) is 1.93. The number of carbonyl (C=O) groups excluding carboxylic acids is 1. The Balaban J connectivity index is 1.74. The van der Waals surface area contributed by atoms with Gasteiger partial charge < -0.3 is 9.88 Å². The third kappa shape index (κ3) is 2.49. The van der Waals surface area contributed by atoms with Crippen LogP contribution in [0.3, 0.4) is 0 Å². The van der Waals surface area contributed by atoms with E-state index < -0.39 is 0 Å². The molecule has 0 fully saturated rings. The molecule has 110 valence electrons. The van der Waals surface area contributed by atoms with Gasteiger partial charge in [-0.1, -0.05) is 0 Å². The standard InChI is InChI=1S/C15H18N4O2/c1-9-10(2)17-18-15(21)13(9)7-16-14(20)11-6-12-4-3-5-19(12)8-11/h6,8H,3-5,7H2,1-2H3,(H,16,20)(H,18,21). The summed E-state index contributed by atoms with van der Waals surface area (Å²) < 4.78 is 2.11. The Bertz CT molecular complexity index is 736. The summed E-state index contributed by atoms with van der Waals surface area (Å²) >= 11 is 0. The third-order valence-corrected chi connectivity index (χ3v) is 4.10. The molecule has 0 spiro atoms. The van der Waals surface area contributed by atoms with Gasteiger partial charge >= 0.3 is 0 Å². The number of amides is 1. The van der Waals surface area contributed by atoms with Crippen LogP contribution in [0.4, 0.5) is 0 Å². The molecule has 0 radical (unpaired) electrons. The van der Waals surface area contributed by atoms with E-state index in [-0.39, 0.29) is 18.0 Å². The summed E-state index contributed by atoms with van der Waals surface area (Å²) in [7, 11) is 0. The van der Waals surface area contributed by atoms with Crippen molar-refractivity contribution < 1.29 is 4.79 Å². The number of nitrogens with zero attached hydrogens (tertiary/aromatic N) is 2. The molecule has 0 aliphatic carbocycles. The highest BCUT2D eigenvalue weighted by molar-refractivity contribution is 5.94. The van der Waals surface area contributed by atoms with Crippen molar-refractivity contribution in [3.8, 4) is 0 Å². The largest absolute Gasteiger partial charge is 0.351 e. The van der Waals surface area contributed by atoms with Crippen LogP contribution >= 0.6 is 0 Å². The highest BCUT2D eigenvalue weighted by Gasteiger charge is 2.16. The lowest BCUT2D eigenvalue weighted by Gasteiger charge is -2.07. The Morgan fingerprint density at radius 2 is 2.29 bits per heavy atom. The van der Waals surface area contributed by atoms with E-state index in [4.69, 9.17) is 0 Å². The molecule has 6 heteroatoms. The predicted octanol–water partition coefficient (Wildman–Crippen LogP) is 1.06. The SMILES string of the molecule is Cc1n[nH]c(=O)c(CNC(=O)c2cc3n(c2)CCC3)c1C. The molecule has 1 amide bonds. The van der Waals surface area contributed by atoms with Crippen molar-refractivity contribution in [3.05, 3.63) is 50.7 Å². The number of hydrogen-bond donors (Lipinski definition) is 2. The molecular formula is C15H18N4O2. The number of fused-ring (bicyclic) bond motifs is 1. The van der Waals surface area contributed by atoms with Gasteiger partial charge in [-0.25, -0.2) is 5.10 Å². The molecule has 0 saturated carbocycles. The van der Waals surface area contributed by atoms with E-state index in [1.807, 2.05) is 26.1 Å². The predicted molar refractivity (Wildman–Crippen MR) is 78.3 cm³/mol. The number of carbonyl (C=O) groups is 1. The number of aromatic nitrogens is 3. The summed E-state index contributed by atoms with van der Waals surface area (Å²) in [6.07, 6.45) is 4.05. The second kappa shape index (κ2) is 5.20. The average molecular weight is 286 g/mol. The second-order valence-corrected chi connectivity index (χ2v) is 5.44. The van der Waals surface area contributed by atoms with E-state index in [0.717, 1.165) is 30.6 Å². The van der Waals surface area contributed by atoms with E-state index >= 15 is 0 Å². The van der Waals surface area contributed by atoms with E-state index in [2.05, 4.69) is 20.1 Å². The Morgan fingerprint density at radius 3 is 3.05 bits per heavy atom. The molecular weight excluding hydrogens is 268 g/mol. The number of H-pyrrole nitrogens is 1. The lowest BCUT2D eigenvalue weighted by molar-refractivity contribution is 0.0950. The van der Waals surface area contributed by atoms with Gasteiger partial charge in [0.15, 0.2) is 0 Å². The molecule has 0 bridgehead atoms. The van der Waals surface area contributed by atoms with Crippen LogP contribution in [0.5, 0.6) is 0 Å². The summed E-state index contributed by atoms with van der Waals surface area (Å²) in [5.41, 5.74) is 3.75. The number of hydrogen-bond acceptors (Lipinski definition) is 3. The maximum Gasteiger partial charge on any atom is 0.269 e. The summed E-state index contributed by atoms with van der Waals surface area (Å²) in [4.78, 5) is 24.0. The van der Waals surface area contributed by atoms with Crippen LogP contribution in [-0.4, -0.2) is 20.7 Å². The molecule has 0 aromatic carbocycles. The van der Waals surface area contributed by atoms with Gasteiger partial charge in [0.1, 0.15) is 0 Å². The molecule has 2 aromatic rings. The number of aryl methyl sites for hydroxylation is 3. The van der Waals surface area contributed by atoms with Crippen molar-refractivity contribution in [2.45, 2.75) is 39.8 Å². The van der Waals surface area contributed by atoms with Crippen LogP contribution in [-0.2, 0) is 19.5 Å². The highest BCUT2D eigenvalue weighted by atomic mass is 16.2. The first-order valence-corrected chi connectivity index (χ1v) is 7.08. The fourth-order valence-corrected chi connectivity index (χ4v) is 2.69. The lowest BCUT2D eigenvalue weighted by Crippen LogP contribution is -2.28. The molecule has 1 aliphatic rings. The summed E-state index contributed by atoms with van der Waals surface area (Å²) in [5, 5.41) is 9.16. The van der Waals surface area contributed by atoms with Crippen molar-refractivity contribution in [1.82, 2.24) is 20.1 Å². The van der Waals surface area contributed by atoms with Crippen LogP contribution in [0, 0.1) is 13.8 Å². The maximum atomic E-state index is 12.2. The molecule has 0 saturated heterocycles. The third-order valence-electron chi connectivity index (χ3n) is 4.10. The Kier molecular flexibility index (Phi) is 3.37. The fraction of sp³-hybridized carbons (Fsp3) is 0.400. The summed E-state index contributed by atoms with van der Waals surface area (Å²) in [5.74, 6) is -0.148. The zero-order chi connectivity index (χ0) is 15.0. The first-order chi connectivity index (χ1) is 10.1. The smallest absolute Gasteiger partial charge is 0.269 e. The minimum atomic E-state index is -0.252. The highest BCUT2D eigenvalue weighted by Crippen LogP contribution is 2.18. The van der Waals surface area contributed by atoms with Crippen LogP contribution in [0.15, 0.2) is 17.1 Å². The fourth-order valence-electron chi connectivity index (χ4n) is 2.69. The van der Waals surface area contributed by atoms with Crippen molar-refractivity contribution >= 4 is 5.91 Å². The Hall–Kier alpha value is -2.37. The van der Waals surface area contributed by atoms with Crippen LogP contribution in [0.1, 0.15) is 39.3 Å². The molecule has 2 N–H and O–H groups in total. The molecule has 3 rings (SSSR count). The second-order valence-electron chi connectivity index (χ2n) is 5.44.